The maximum Gasteiger partial charge on any atom is 0.270 e. The summed E-state index contributed by atoms with van der Waals surface area (Å²) in [7, 11) is -4.10. The quantitative estimate of drug-likeness (QED) is 0.582. The number of carbonyl (C=O) groups excluding carboxylic acids is 2. The normalized spacial score (nSPS) is 21.6. The molecule has 1 unspecified atom stereocenters. The van der Waals surface area contributed by atoms with Crippen molar-refractivity contribution in [1.29, 1.82) is 0 Å². The van der Waals surface area contributed by atoms with Crippen LogP contribution in [0.2, 0.25) is 5.02 Å². The van der Waals surface area contributed by atoms with Gasteiger partial charge in [0.1, 0.15) is 16.5 Å². The third-order valence-electron chi connectivity index (χ3n) is 7.24. The third kappa shape index (κ3) is 4.11. The molecular formula is C24H24ClF2N3O5S. The first-order valence-corrected chi connectivity index (χ1v) is 13.5. The molecule has 192 valence electrons. The molecule has 2 fully saturated rings. The molecule has 1 atom stereocenters. The number of amides is 2. The summed E-state index contributed by atoms with van der Waals surface area (Å²) in [5, 5.41) is 1.55. The van der Waals surface area contributed by atoms with Gasteiger partial charge in [-0.25, -0.2) is 17.2 Å². The molecule has 0 spiro atoms. The fraction of sp³-hybridized carbons (Fsp3) is 0.458. The lowest BCUT2D eigenvalue weighted by Gasteiger charge is -2.32. The molecule has 1 aromatic carbocycles. The molecule has 2 heterocycles. The van der Waals surface area contributed by atoms with Crippen LogP contribution in [-0.4, -0.2) is 58.7 Å². The van der Waals surface area contributed by atoms with Crippen LogP contribution in [0.25, 0.3) is 0 Å². The van der Waals surface area contributed by atoms with Crippen LogP contribution < -0.4 is 10.9 Å². The number of nitrogens with zero attached hydrogens (tertiary/aromatic N) is 2. The number of aromatic nitrogens is 1. The molecule has 1 aromatic heterocycles. The maximum atomic E-state index is 13.5. The monoisotopic (exact) mass is 539 g/mol. The highest BCUT2D eigenvalue weighted by molar-refractivity contribution is 7.94. The van der Waals surface area contributed by atoms with Gasteiger partial charge in [-0.05, 0) is 49.1 Å². The summed E-state index contributed by atoms with van der Waals surface area (Å²) in [4.78, 5) is 40.0. The number of benzene rings is 1. The Kier molecular flexibility index (Phi) is 5.79. The Labute approximate surface area is 211 Å². The van der Waals surface area contributed by atoms with Crippen molar-refractivity contribution < 1.29 is 26.8 Å². The van der Waals surface area contributed by atoms with Gasteiger partial charge in [0, 0.05) is 37.6 Å². The van der Waals surface area contributed by atoms with E-state index in [1.165, 1.54) is 21.6 Å². The number of hydrogen-bond acceptors (Lipinski definition) is 5. The smallest absolute Gasteiger partial charge is 0.270 e. The molecule has 12 heteroatoms. The van der Waals surface area contributed by atoms with Gasteiger partial charge in [0.15, 0.2) is 9.84 Å². The Bertz CT molecular complexity index is 1450. The van der Waals surface area contributed by atoms with Crippen molar-refractivity contribution in [3.63, 3.8) is 0 Å². The van der Waals surface area contributed by atoms with Gasteiger partial charge in [-0.3, -0.25) is 14.4 Å². The standard InChI is InChI=1S/C24H24ClF2N3O5S/c1-14-2-3-15(10-17(14)25)12-28-20(31)16-4-5-18-22(33)29(8-9-30(18)21(16)32)13-23(6-7-23)36(34,35)19-11-24(19,26)27/h2-5,10,19H,6-9,11-13H2,1H3,(H,28,31). The number of alkyl halides is 2. The molecule has 8 nitrogen and oxygen atoms in total. The number of fused-ring (bicyclic) bond motifs is 1. The van der Waals surface area contributed by atoms with Gasteiger partial charge in [0.05, 0.1) is 4.75 Å². The second-order valence-electron chi connectivity index (χ2n) is 9.76. The van der Waals surface area contributed by atoms with E-state index in [1.807, 2.05) is 19.1 Å². The number of sulfone groups is 1. The highest BCUT2D eigenvalue weighted by Crippen LogP contribution is 2.56. The number of pyridine rings is 1. The number of halogens is 3. The van der Waals surface area contributed by atoms with Gasteiger partial charge in [0.2, 0.25) is 0 Å². The minimum atomic E-state index is -4.10. The van der Waals surface area contributed by atoms with Crippen molar-refractivity contribution >= 4 is 33.3 Å². The molecule has 2 amide bonds. The van der Waals surface area contributed by atoms with Gasteiger partial charge in [-0.15, -0.1) is 0 Å². The number of nitrogens with one attached hydrogen (secondary N) is 1. The number of rotatable bonds is 7. The van der Waals surface area contributed by atoms with Gasteiger partial charge in [-0.1, -0.05) is 23.7 Å². The van der Waals surface area contributed by atoms with E-state index >= 15 is 0 Å². The Hall–Kier alpha value is -2.79. The van der Waals surface area contributed by atoms with Crippen molar-refractivity contribution in [2.75, 3.05) is 13.1 Å². The van der Waals surface area contributed by atoms with Crippen molar-refractivity contribution in [2.45, 2.75) is 55.2 Å². The molecule has 36 heavy (non-hydrogen) atoms. The van der Waals surface area contributed by atoms with E-state index in [1.54, 1.807) is 6.07 Å². The number of hydrogen-bond donors (Lipinski definition) is 1. The Morgan fingerprint density at radius 3 is 2.47 bits per heavy atom. The predicted molar refractivity (Wildman–Crippen MR) is 128 cm³/mol. The summed E-state index contributed by atoms with van der Waals surface area (Å²) < 4.78 is 52.4. The molecule has 2 aromatic rings. The second-order valence-corrected chi connectivity index (χ2v) is 12.7. The first-order valence-electron chi connectivity index (χ1n) is 11.5. The van der Waals surface area contributed by atoms with Crippen LogP contribution in [0.5, 0.6) is 0 Å². The van der Waals surface area contributed by atoms with Gasteiger partial charge in [-0.2, -0.15) is 0 Å². The van der Waals surface area contributed by atoms with Crippen LogP contribution in [0, 0.1) is 6.92 Å². The zero-order valence-corrected chi connectivity index (χ0v) is 21.0. The summed E-state index contributed by atoms with van der Waals surface area (Å²) in [5.41, 5.74) is 0.921. The van der Waals surface area contributed by atoms with E-state index in [4.69, 9.17) is 11.6 Å². The van der Waals surface area contributed by atoms with E-state index in [9.17, 15) is 31.6 Å². The predicted octanol–water partition coefficient (Wildman–Crippen LogP) is 2.55. The summed E-state index contributed by atoms with van der Waals surface area (Å²) in [6.07, 6.45) is -0.224. The molecule has 5 rings (SSSR count). The zero-order valence-electron chi connectivity index (χ0n) is 19.4. The molecule has 1 N–H and O–H groups in total. The van der Waals surface area contributed by atoms with Crippen molar-refractivity contribution in [1.82, 2.24) is 14.8 Å². The maximum absolute atomic E-state index is 13.5. The van der Waals surface area contributed by atoms with E-state index in [0.717, 1.165) is 11.1 Å². The topological polar surface area (TPSA) is 106 Å². The molecule has 2 aliphatic carbocycles. The van der Waals surface area contributed by atoms with Crippen LogP contribution >= 0.6 is 11.6 Å². The van der Waals surface area contributed by atoms with E-state index in [-0.39, 0.29) is 50.3 Å². The molecular weight excluding hydrogens is 516 g/mol. The Morgan fingerprint density at radius 2 is 1.86 bits per heavy atom. The molecule has 1 aliphatic heterocycles. The third-order valence-corrected chi connectivity index (χ3v) is 10.7. The summed E-state index contributed by atoms with van der Waals surface area (Å²) in [6.45, 7) is 1.93. The van der Waals surface area contributed by atoms with Crippen LogP contribution in [0.15, 0.2) is 35.1 Å². The minimum absolute atomic E-state index is 0.0260. The van der Waals surface area contributed by atoms with Crippen molar-refractivity contribution in [3.05, 3.63) is 68.1 Å². The van der Waals surface area contributed by atoms with Crippen LogP contribution in [-0.2, 0) is 22.9 Å². The molecule has 0 radical (unpaired) electrons. The highest BCUT2D eigenvalue weighted by Gasteiger charge is 2.71. The average Bonchev–Trinajstić information content (AvgIpc) is 3.73. The van der Waals surface area contributed by atoms with Crippen molar-refractivity contribution in [3.8, 4) is 0 Å². The SMILES string of the molecule is Cc1ccc(CNC(=O)c2ccc3n(c2=O)CCN(CC2(S(=O)(=O)C4CC4(F)F)CC2)C3=O)cc1Cl. The van der Waals surface area contributed by atoms with Crippen LogP contribution in [0.4, 0.5) is 8.78 Å². The summed E-state index contributed by atoms with van der Waals surface area (Å²) in [6, 6.07) is 7.98. The highest BCUT2D eigenvalue weighted by atomic mass is 35.5. The van der Waals surface area contributed by atoms with E-state index < -0.39 is 49.6 Å². The fourth-order valence-corrected chi connectivity index (χ4v) is 7.37. The lowest BCUT2D eigenvalue weighted by molar-refractivity contribution is 0.0694. The van der Waals surface area contributed by atoms with E-state index in [0.29, 0.717) is 5.02 Å². The Balaban J connectivity index is 1.30. The van der Waals surface area contributed by atoms with E-state index in [2.05, 4.69) is 5.32 Å². The van der Waals surface area contributed by atoms with Gasteiger partial charge < -0.3 is 14.8 Å². The zero-order chi connectivity index (χ0) is 26.0. The van der Waals surface area contributed by atoms with Gasteiger partial charge >= 0.3 is 0 Å². The van der Waals surface area contributed by atoms with Gasteiger partial charge in [0.25, 0.3) is 23.3 Å². The summed E-state index contributed by atoms with van der Waals surface area (Å²) >= 11 is 6.11. The number of aryl methyl sites for hydroxylation is 1. The molecule has 0 bridgehead atoms. The first kappa shape index (κ1) is 24.9. The molecule has 2 saturated carbocycles. The fourth-order valence-electron chi connectivity index (χ4n) is 4.67. The lowest BCUT2D eigenvalue weighted by atomic mass is 10.1. The Morgan fingerprint density at radius 1 is 1.17 bits per heavy atom. The minimum Gasteiger partial charge on any atom is -0.348 e. The second kappa shape index (κ2) is 8.37. The largest absolute Gasteiger partial charge is 0.348 e. The lowest BCUT2D eigenvalue weighted by Crippen LogP contribution is -2.50. The number of carbonyl (C=O) groups is 2. The molecule has 3 aliphatic rings. The van der Waals surface area contributed by atoms with Crippen LogP contribution in [0.3, 0.4) is 0 Å². The van der Waals surface area contributed by atoms with Crippen LogP contribution in [0.1, 0.15) is 51.2 Å². The summed E-state index contributed by atoms with van der Waals surface area (Å²) in [5.74, 6) is -4.37. The molecule has 0 saturated heterocycles. The van der Waals surface area contributed by atoms with Crippen molar-refractivity contribution in [2.24, 2.45) is 0 Å². The first-order chi connectivity index (χ1) is 16.9. The average molecular weight is 540 g/mol.